The van der Waals surface area contributed by atoms with Crippen molar-refractivity contribution in [3.05, 3.63) is 24.3 Å². The molecule has 2 fully saturated rings. The van der Waals surface area contributed by atoms with Crippen molar-refractivity contribution in [1.82, 2.24) is 4.90 Å². The van der Waals surface area contributed by atoms with Crippen LogP contribution in [-0.2, 0) is 9.47 Å². The minimum Gasteiger partial charge on any atom is -0.344 e. The summed E-state index contributed by atoms with van der Waals surface area (Å²) < 4.78 is 13.5. The summed E-state index contributed by atoms with van der Waals surface area (Å²) in [7, 11) is 2.23. The van der Waals surface area contributed by atoms with Gasteiger partial charge in [0.05, 0.1) is 12.2 Å². The first-order valence-corrected chi connectivity index (χ1v) is 19.0. The topological polar surface area (TPSA) is 21.7 Å². The highest BCUT2D eigenvalue weighted by atomic mass is 16.8. The second kappa shape index (κ2) is 25.7. The molecule has 0 amide bonds. The third-order valence-electron chi connectivity index (χ3n) is 9.57. The molecule has 3 heteroatoms. The van der Waals surface area contributed by atoms with Crippen LogP contribution in [0.25, 0.3) is 0 Å². The van der Waals surface area contributed by atoms with E-state index in [4.69, 9.17) is 9.47 Å². The summed E-state index contributed by atoms with van der Waals surface area (Å²) in [6.45, 7) is 6.75. The Balaban J connectivity index is 1.54. The maximum atomic E-state index is 6.77. The highest BCUT2D eigenvalue weighted by Crippen LogP contribution is 2.40. The Morgan fingerprint density at radius 3 is 1.36 bits per heavy atom. The quantitative estimate of drug-likeness (QED) is 0.0671. The van der Waals surface area contributed by atoms with Gasteiger partial charge in [-0.1, -0.05) is 128 Å². The highest BCUT2D eigenvalue weighted by Gasteiger charge is 2.48. The van der Waals surface area contributed by atoms with Gasteiger partial charge < -0.3 is 14.4 Å². The molecule has 0 aromatic carbocycles. The molecule has 0 saturated carbocycles. The van der Waals surface area contributed by atoms with Crippen LogP contribution >= 0.6 is 0 Å². The highest BCUT2D eigenvalue weighted by molar-refractivity contribution is 4.91. The number of rotatable bonds is 28. The van der Waals surface area contributed by atoms with Crippen LogP contribution in [-0.4, -0.2) is 43.0 Å². The molecule has 2 aliphatic rings. The fourth-order valence-electron chi connectivity index (χ4n) is 6.81. The number of nitrogens with zero attached hydrogens (tertiary/aromatic N) is 1. The van der Waals surface area contributed by atoms with Gasteiger partial charge in [-0.3, -0.25) is 0 Å². The molecular weight excluding hydrogens is 514 g/mol. The third-order valence-corrected chi connectivity index (χ3v) is 9.57. The zero-order valence-electron chi connectivity index (χ0n) is 28.7. The molecular formula is C39H73NO2. The number of likely N-dealkylation sites (N-methyl/N-ethyl adjacent to an activating group) is 1. The molecule has 2 heterocycles. The van der Waals surface area contributed by atoms with Crippen molar-refractivity contribution in [2.75, 3.05) is 20.1 Å². The summed E-state index contributed by atoms with van der Waals surface area (Å²) in [4.78, 5) is 2.42. The Morgan fingerprint density at radius 2 is 0.905 bits per heavy atom. The summed E-state index contributed by atoms with van der Waals surface area (Å²) in [6.07, 6.45) is 45.8. The van der Waals surface area contributed by atoms with E-state index in [1.807, 2.05) is 0 Å². The molecule has 2 aliphatic heterocycles. The standard InChI is InChI=1S/C39H73NO2/c1-4-6-8-10-12-14-16-18-20-22-24-26-28-30-33-39(41-37-32-35-40(3)36-38(37)42-39)34-31-29-27-25-23-21-19-17-15-13-11-9-7-5-2/h14-17,37-38H,4-13,18-36H2,1-3H3/b16-14-,17-15-. The van der Waals surface area contributed by atoms with Crippen molar-refractivity contribution in [2.24, 2.45) is 0 Å². The summed E-state index contributed by atoms with van der Waals surface area (Å²) >= 11 is 0. The lowest BCUT2D eigenvalue weighted by Crippen LogP contribution is -2.43. The summed E-state index contributed by atoms with van der Waals surface area (Å²) in [5.74, 6) is -0.301. The van der Waals surface area contributed by atoms with Crippen LogP contribution in [0.1, 0.15) is 187 Å². The minimum atomic E-state index is -0.301. The van der Waals surface area contributed by atoms with E-state index >= 15 is 0 Å². The van der Waals surface area contributed by atoms with Crippen LogP contribution < -0.4 is 0 Å². The van der Waals surface area contributed by atoms with Crippen molar-refractivity contribution < 1.29 is 9.47 Å². The van der Waals surface area contributed by atoms with Crippen LogP contribution in [0.5, 0.6) is 0 Å². The van der Waals surface area contributed by atoms with Gasteiger partial charge in [0.15, 0.2) is 5.79 Å². The van der Waals surface area contributed by atoms with Crippen molar-refractivity contribution in [2.45, 2.75) is 205 Å². The Kier molecular flexibility index (Phi) is 22.9. The number of likely N-dealkylation sites (tertiary alicyclic amines) is 1. The number of fused-ring (bicyclic) bond motifs is 1. The molecule has 42 heavy (non-hydrogen) atoms. The molecule has 2 rings (SSSR count). The second-order valence-corrected chi connectivity index (χ2v) is 13.7. The van der Waals surface area contributed by atoms with E-state index in [1.165, 1.54) is 154 Å². The van der Waals surface area contributed by atoms with Crippen LogP contribution in [0, 0.1) is 0 Å². The zero-order chi connectivity index (χ0) is 30.0. The second-order valence-electron chi connectivity index (χ2n) is 13.7. The van der Waals surface area contributed by atoms with Gasteiger partial charge in [-0.25, -0.2) is 0 Å². The largest absolute Gasteiger partial charge is 0.344 e. The lowest BCUT2D eigenvalue weighted by molar-refractivity contribution is -0.185. The molecule has 0 radical (unpaired) electrons. The number of unbranched alkanes of at least 4 members (excludes halogenated alkanes) is 20. The SMILES string of the molecule is CCCCCC/C=C\CCCCCCCCC1(CCCCCCCC/C=C\CCCCCC)OC2CCN(C)CC2O1. The van der Waals surface area contributed by atoms with Crippen molar-refractivity contribution in [1.29, 1.82) is 0 Å². The van der Waals surface area contributed by atoms with E-state index in [9.17, 15) is 0 Å². The van der Waals surface area contributed by atoms with Gasteiger partial charge in [-0.15, -0.1) is 0 Å². The Morgan fingerprint density at radius 1 is 0.524 bits per heavy atom. The smallest absolute Gasteiger partial charge is 0.169 e. The molecule has 2 saturated heterocycles. The van der Waals surface area contributed by atoms with E-state index in [-0.39, 0.29) is 11.9 Å². The fraction of sp³-hybridized carbons (Fsp3) is 0.897. The van der Waals surface area contributed by atoms with Crippen LogP contribution in [0.15, 0.2) is 24.3 Å². The van der Waals surface area contributed by atoms with E-state index in [1.54, 1.807) is 0 Å². The van der Waals surface area contributed by atoms with Crippen LogP contribution in [0.3, 0.4) is 0 Å². The maximum Gasteiger partial charge on any atom is 0.169 e. The first-order valence-electron chi connectivity index (χ1n) is 19.0. The predicted molar refractivity (Wildman–Crippen MR) is 184 cm³/mol. The van der Waals surface area contributed by atoms with Gasteiger partial charge >= 0.3 is 0 Å². The van der Waals surface area contributed by atoms with E-state index in [0.29, 0.717) is 6.10 Å². The van der Waals surface area contributed by atoms with E-state index < -0.39 is 0 Å². The Hall–Kier alpha value is -0.640. The molecule has 3 nitrogen and oxygen atoms in total. The van der Waals surface area contributed by atoms with Crippen LogP contribution in [0.4, 0.5) is 0 Å². The summed E-state index contributed by atoms with van der Waals surface area (Å²) in [5.41, 5.74) is 0. The molecule has 0 N–H and O–H groups in total. The van der Waals surface area contributed by atoms with Crippen molar-refractivity contribution in [3.8, 4) is 0 Å². The molecule has 0 aliphatic carbocycles. The zero-order valence-corrected chi connectivity index (χ0v) is 28.7. The number of ether oxygens (including phenoxy) is 2. The number of hydrogen-bond donors (Lipinski definition) is 0. The molecule has 2 unspecified atom stereocenters. The van der Waals surface area contributed by atoms with Gasteiger partial charge in [0, 0.05) is 25.9 Å². The average Bonchev–Trinajstić information content (AvgIpc) is 3.35. The predicted octanol–water partition coefficient (Wildman–Crippen LogP) is 12.1. The third kappa shape index (κ3) is 18.2. The van der Waals surface area contributed by atoms with E-state index in [0.717, 1.165) is 32.4 Å². The maximum absolute atomic E-state index is 6.77. The summed E-state index contributed by atoms with van der Waals surface area (Å²) in [5, 5.41) is 0. The molecule has 0 aromatic rings. The first kappa shape index (κ1) is 37.5. The Bertz CT molecular complexity index is 621. The Labute approximate surface area is 263 Å². The molecule has 2 atom stereocenters. The summed E-state index contributed by atoms with van der Waals surface area (Å²) in [6, 6.07) is 0. The lowest BCUT2D eigenvalue weighted by atomic mass is 9.98. The fourth-order valence-corrected chi connectivity index (χ4v) is 6.81. The van der Waals surface area contributed by atoms with Gasteiger partial charge in [-0.05, 0) is 77.7 Å². The normalized spacial score (nSPS) is 20.7. The molecule has 0 aromatic heterocycles. The number of piperidine rings is 1. The molecule has 246 valence electrons. The molecule has 0 bridgehead atoms. The van der Waals surface area contributed by atoms with Crippen molar-refractivity contribution >= 4 is 0 Å². The molecule has 0 spiro atoms. The average molecular weight is 588 g/mol. The minimum absolute atomic E-state index is 0.281. The van der Waals surface area contributed by atoms with Crippen LogP contribution in [0.2, 0.25) is 0 Å². The lowest BCUT2D eigenvalue weighted by Gasteiger charge is -2.29. The number of allylic oxidation sites excluding steroid dienone is 4. The van der Waals surface area contributed by atoms with Gasteiger partial charge in [0.25, 0.3) is 0 Å². The van der Waals surface area contributed by atoms with E-state index in [2.05, 4.69) is 50.1 Å². The van der Waals surface area contributed by atoms with Crippen molar-refractivity contribution in [3.63, 3.8) is 0 Å². The number of hydrogen-bond acceptors (Lipinski definition) is 3. The first-order chi connectivity index (χ1) is 20.7. The van der Waals surface area contributed by atoms with Gasteiger partial charge in [-0.2, -0.15) is 0 Å². The van der Waals surface area contributed by atoms with Gasteiger partial charge in [0.1, 0.15) is 0 Å². The monoisotopic (exact) mass is 588 g/mol. The van der Waals surface area contributed by atoms with Gasteiger partial charge in [0.2, 0.25) is 0 Å².